The van der Waals surface area contributed by atoms with Crippen LogP contribution in [0.2, 0.25) is 0 Å². The van der Waals surface area contributed by atoms with Gasteiger partial charge in [-0.2, -0.15) is 0 Å². The Morgan fingerprint density at radius 2 is 1.89 bits per heavy atom. The van der Waals surface area contributed by atoms with Gasteiger partial charge in [0, 0.05) is 11.3 Å². The minimum absolute atomic E-state index is 0.617. The molecule has 90 valence electrons. The van der Waals surface area contributed by atoms with Crippen LogP contribution in [0.25, 0.3) is 22.6 Å². The summed E-state index contributed by atoms with van der Waals surface area (Å²) in [6, 6.07) is 11.8. The summed E-state index contributed by atoms with van der Waals surface area (Å²) in [4.78, 5) is 4.49. The number of aryl methyl sites for hydroxylation is 2. The van der Waals surface area contributed by atoms with Crippen LogP contribution in [0, 0.1) is 13.8 Å². The fraction of sp³-hybridized carbons (Fsp3) is 0.133. The van der Waals surface area contributed by atoms with Gasteiger partial charge in [0.05, 0.1) is 0 Å². The summed E-state index contributed by atoms with van der Waals surface area (Å²) in [6.07, 6.45) is 0. The molecule has 0 aliphatic carbocycles. The number of rotatable bonds is 1. The van der Waals surface area contributed by atoms with Gasteiger partial charge in [0.15, 0.2) is 5.58 Å². The number of nitrogen functional groups attached to an aromatic ring is 1. The number of nitrogens with two attached hydrogens (primary N) is 1. The van der Waals surface area contributed by atoms with Gasteiger partial charge in [0.25, 0.3) is 0 Å². The van der Waals surface area contributed by atoms with Crippen molar-refractivity contribution in [3.8, 4) is 11.5 Å². The van der Waals surface area contributed by atoms with Crippen LogP contribution in [0.4, 0.5) is 5.69 Å². The van der Waals surface area contributed by atoms with E-state index in [1.807, 2.05) is 50.2 Å². The van der Waals surface area contributed by atoms with Gasteiger partial charge in [-0.15, -0.1) is 0 Å². The molecule has 0 bridgehead atoms. The standard InChI is InChI=1S/C15H14N2O/c1-9-6-7-11(8-12(9)16)15-17-13-5-3-4-10(2)14(13)18-15/h3-8H,16H2,1-2H3. The van der Waals surface area contributed by atoms with Gasteiger partial charge < -0.3 is 10.2 Å². The van der Waals surface area contributed by atoms with Crippen LogP contribution in [0.5, 0.6) is 0 Å². The Morgan fingerprint density at radius 1 is 1.06 bits per heavy atom. The highest BCUT2D eigenvalue weighted by molar-refractivity contribution is 5.79. The molecule has 3 rings (SSSR count). The summed E-state index contributed by atoms with van der Waals surface area (Å²) in [5, 5.41) is 0. The third kappa shape index (κ3) is 1.64. The zero-order valence-corrected chi connectivity index (χ0v) is 10.4. The Balaban J connectivity index is 2.19. The minimum atomic E-state index is 0.617. The largest absolute Gasteiger partial charge is 0.436 e. The Kier molecular flexibility index (Phi) is 2.33. The molecule has 2 N–H and O–H groups in total. The average Bonchev–Trinajstić information content (AvgIpc) is 2.78. The molecule has 0 spiro atoms. The maximum absolute atomic E-state index is 5.91. The third-order valence-electron chi connectivity index (χ3n) is 3.14. The van der Waals surface area contributed by atoms with Crippen LogP contribution in [0.1, 0.15) is 11.1 Å². The maximum Gasteiger partial charge on any atom is 0.227 e. The summed E-state index contributed by atoms with van der Waals surface area (Å²) in [5.41, 5.74) is 11.4. The number of oxazole rings is 1. The monoisotopic (exact) mass is 238 g/mol. The molecule has 1 heterocycles. The number of hydrogen-bond donors (Lipinski definition) is 1. The normalized spacial score (nSPS) is 11.0. The molecular weight excluding hydrogens is 224 g/mol. The molecule has 0 aliphatic heterocycles. The lowest BCUT2D eigenvalue weighted by atomic mass is 10.1. The van der Waals surface area contributed by atoms with E-state index in [1.54, 1.807) is 0 Å². The second-order valence-corrected chi connectivity index (χ2v) is 4.51. The van der Waals surface area contributed by atoms with Gasteiger partial charge in [-0.25, -0.2) is 4.98 Å². The van der Waals surface area contributed by atoms with E-state index in [0.717, 1.165) is 33.5 Å². The Bertz CT molecular complexity index is 728. The molecule has 0 amide bonds. The summed E-state index contributed by atoms with van der Waals surface area (Å²) in [5.74, 6) is 0.617. The zero-order valence-electron chi connectivity index (χ0n) is 10.4. The number of benzene rings is 2. The van der Waals surface area contributed by atoms with E-state index in [-0.39, 0.29) is 0 Å². The third-order valence-corrected chi connectivity index (χ3v) is 3.14. The Labute approximate surface area is 105 Å². The van der Waals surface area contributed by atoms with Crippen molar-refractivity contribution in [2.24, 2.45) is 0 Å². The molecule has 3 heteroatoms. The fourth-order valence-electron chi connectivity index (χ4n) is 1.98. The Morgan fingerprint density at radius 3 is 2.61 bits per heavy atom. The highest BCUT2D eigenvalue weighted by Crippen LogP contribution is 2.28. The van der Waals surface area contributed by atoms with Crippen LogP contribution in [0.3, 0.4) is 0 Å². The molecule has 0 saturated carbocycles. The van der Waals surface area contributed by atoms with Gasteiger partial charge in [-0.1, -0.05) is 18.2 Å². The summed E-state index contributed by atoms with van der Waals surface area (Å²) in [6.45, 7) is 4.00. The van der Waals surface area contributed by atoms with Crippen molar-refractivity contribution >= 4 is 16.8 Å². The highest BCUT2D eigenvalue weighted by Gasteiger charge is 2.10. The van der Waals surface area contributed by atoms with E-state index in [9.17, 15) is 0 Å². The average molecular weight is 238 g/mol. The number of para-hydroxylation sites is 1. The first kappa shape index (κ1) is 10.8. The molecular formula is C15H14N2O. The first-order chi connectivity index (χ1) is 8.65. The molecule has 2 aromatic carbocycles. The smallest absolute Gasteiger partial charge is 0.227 e. The molecule has 0 unspecified atom stereocenters. The lowest BCUT2D eigenvalue weighted by Crippen LogP contribution is -1.89. The first-order valence-corrected chi connectivity index (χ1v) is 5.88. The lowest BCUT2D eigenvalue weighted by Gasteiger charge is -2.01. The predicted octanol–water partition coefficient (Wildman–Crippen LogP) is 3.69. The predicted molar refractivity (Wildman–Crippen MR) is 73.3 cm³/mol. The number of fused-ring (bicyclic) bond motifs is 1. The highest BCUT2D eigenvalue weighted by atomic mass is 16.3. The zero-order chi connectivity index (χ0) is 12.7. The van der Waals surface area contributed by atoms with Gasteiger partial charge in [0.1, 0.15) is 5.52 Å². The van der Waals surface area contributed by atoms with Crippen molar-refractivity contribution in [1.29, 1.82) is 0 Å². The topological polar surface area (TPSA) is 52.0 Å². The van der Waals surface area contributed by atoms with E-state index in [0.29, 0.717) is 5.89 Å². The molecule has 18 heavy (non-hydrogen) atoms. The molecule has 0 atom stereocenters. The molecule has 0 radical (unpaired) electrons. The van der Waals surface area contributed by atoms with Crippen LogP contribution in [-0.2, 0) is 0 Å². The maximum atomic E-state index is 5.91. The van der Waals surface area contributed by atoms with Crippen molar-refractivity contribution in [3.05, 3.63) is 47.5 Å². The van der Waals surface area contributed by atoms with E-state index in [4.69, 9.17) is 10.2 Å². The molecule has 0 fully saturated rings. The minimum Gasteiger partial charge on any atom is -0.436 e. The second-order valence-electron chi connectivity index (χ2n) is 4.51. The lowest BCUT2D eigenvalue weighted by molar-refractivity contribution is 0.617. The van der Waals surface area contributed by atoms with E-state index in [2.05, 4.69) is 4.98 Å². The number of aromatic nitrogens is 1. The van der Waals surface area contributed by atoms with Gasteiger partial charge in [-0.05, 0) is 43.2 Å². The van der Waals surface area contributed by atoms with Crippen LogP contribution in [0.15, 0.2) is 40.8 Å². The molecule has 3 aromatic rings. The first-order valence-electron chi connectivity index (χ1n) is 5.88. The van der Waals surface area contributed by atoms with Gasteiger partial charge >= 0.3 is 0 Å². The van der Waals surface area contributed by atoms with E-state index in [1.165, 1.54) is 0 Å². The van der Waals surface area contributed by atoms with Crippen LogP contribution in [-0.4, -0.2) is 4.98 Å². The number of hydrogen-bond acceptors (Lipinski definition) is 3. The fourth-order valence-corrected chi connectivity index (χ4v) is 1.98. The van der Waals surface area contributed by atoms with Crippen molar-refractivity contribution in [2.45, 2.75) is 13.8 Å². The Hall–Kier alpha value is -2.29. The number of anilines is 1. The quantitative estimate of drug-likeness (QED) is 0.658. The molecule has 3 nitrogen and oxygen atoms in total. The van der Waals surface area contributed by atoms with Gasteiger partial charge in [-0.3, -0.25) is 0 Å². The van der Waals surface area contributed by atoms with Gasteiger partial charge in [0.2, 0.25) is 5.89 Å². The van der Waals surface area contributed by atoms with Crippen molar-refractivity contribution in [1.82, 2.24) is 4.98 Å². The molecule has 0 aliphatic rings. The summed E-state index contributed by atoms with van der Waals surface area (Å²) in [7, 11) is 0. The van der Waals surface area contributed by atoms with E-state index >= 15 is 0 Å². The summed E-state index contributed by atoms with van der Waals surface area (Å²) >= 11 is 0. The SMILES string of the molecule is Cc1ccc(-c2nc3cccc(C)c3o2)cc1N. The summed E-state index contributed by atoms with van der Waals surface area (Å²) < 4.78 is 5.81. The van der Waals surface area contributed by atoms with Crippen molar-refractivity contribution < 1.29 is 4.42 Å². The van der Waals surface area contributed by atoms with E-state index < -0.39 is 0 Å². The second kappa shape index (κ2) is 3.88. The molecule has 0 saturated heterocycles. The van der Waals surface area contributed by atoms with Crippen LogP contribution >= 0.6 is 0 Å². The van der Waals surface area contributed by atoms with Crippen molar-refractivity contribution in [2.75, 3.05) is 5.73 Å². The number of nitrogens with zero attached hydrogens (tertiary/aromatic N) is 1. The molecule has 1 aromatic heterocycles. The van der Waals surface area contributed by atoms with Crippen LogP contribution < -0.4 is 5.73 Å². The van der Waals surface area contributed by atoms with Crippen molar-refractivity contribution in [3.63, 3.8) is 0 Å².